The number of carbonyl (C=O) groups is 2. The second kappa shape index (κ2) is 62.2. The summed E-state index contributed by atoms with van der Waals surface area (Å²) in [6, 6.07) is -0.920. The molecule has 0 aromatic carbocycles. The Labute approximate surface area is 517 Å². The minimum Gasteiger partial charge on any atom is -0.756 e. The van der Waals surface area contributed by atoms with Crippen molar-refractivity contribution in [1.29, 1.82) is 0 Å². The van der Waals surface area contributed by atoms with Crippen molar-refractivity contribution in [2.45, 2.75) is 283 Å². The quantitative estimate of drug-likeness (QED) is 0.0212. The molecule has 0 radical (unpaired) electrons. The zero-order valence-corrected chi connectivity index (χ0v) is 55.7. The van der Waals surface area contributed by atoms with Gasteiger partial charge in [0.2, 0.25) is 5.91 Å². The van der Waals surface area contributed by atoms with Crippen molar-refractivity contribution < 1.29 is 37.3 Å². The predicted octanol–water partition coefficient (Wildman–Crippen LogP) is 21.0. The molecule has 10 heteroatoms. The zero-order chi connectivity index (χ0) is 61.4. The summed E-state index contributed by atoms with van der Waals surface area (Å²) in [7, 11) is 1.14. The van der Waals surface area contributed by atoms with Gasteiger partial charge < -0.3 is 28.5 Å². The Balaban J connectivity index is 5.23. The highest BCUT2D eigenvalue weighted by Gasteiger charge is 2.27. The monoisotopic (exact) mass is 1190 g/mol. The van der Waals surface area contributed by atoms with E-state index in [1.807, 2.05) is 33.3 Å². The van der Waals surface area contributed by atoms with Gasteiger partial charge in [0.15, 0.2) is 0 Å². The number of quaternary nitrogens is 1. The second-order valence-electron chi connectivity index (χ2n) is 23.6. The van der Waals surface area contributed by atoms with E-state index in [4.69, 9.17) is 13.8 Å². The van der Waals surface area contributed by atoms with E-state index in [0.717, 1.165) is 122 Å². The molecule has 0 heterocycles. The maximum Gasteiger partial charge on any atom is 0.306 e. The van der Waals surface area contributed by atoms with Crippen molar-refractivity contribution in [3.63, 3.8) is 0 Å². The fourth-order valence-electron chi connectivity index (χ4n) is 9.10. The molecule has 9 nitrogen and oxygen atoms in total. The molecule has 0 bridgehead atoms. The first-order valence-corrected chi connectivity index (χ1v) is 35.5. The molecule has 1 amide bonds. The average Bonchev–Trinajstić information content (AvgIpc) is 3.65. The van der Waals surface area contributed by atoms with Crippen LogP contribution in [0.5, 0.6) is 0 Å². The molecule has 0 aliphatic carbocycles. The minimum absolute atomic E-state index is 0.0379. The highest BCUT2D eigenvalue weighted by Crippen LogP contribution is 2.38. The Morgan fingerprint density at radius 3 is 1.18 bits per heavy atom. The molecule has 480 valence electrons. The zero-order valence-electron chi connectivity index (χ0n) is 54.8. The van der Waals surface area contributed by atoms with Gasteiger partial charge in [0.25, 0.3) is 7.82 Å². The molecule has 84 heavy (non-hydrogen) atoms. The third-order valence-electron chi connectivity index (χ3n) is 14.3. The van der Waals surface area contributed by atoms with Crippen LogP contribution in [0.25, 0.3) is 0 Å². The molecule has 0 aromatic rings. The van der Waals surface area contributed by atoms with Gasteiger partial charge in [-0.05, 0) is 128 Å². The number of phosphoric acid groups is 1. The third-order valence-corrected chi connectivity index (χ3v) is 15.3. The number of phosphoric ester groups is 1. The Kier molecular flexibility index (Phi) is 59.4. The summed E-state index contributed by atoms with van der Waals surface area (Å²) in [5.74, 6) is -0.605. The lowest BCUT2D eigenvalue weighted by atomic mass is 10.0. The van der Waals surface area contributed by atoms with Gasteiger partial charge in [-0.15, -0.1) is 0 Å². The first-order chi connectivity index (χ1) is 40.9. The molecule has 0 aromatic heterocycles. The summed E-state index contributed by atoms with van der Waals surface area (Å²) in [5, 5.41) is 3.02. The molecule has 1 N–H and O–H groups in total. The lowest BCUT2D eigenvalue weighted by Crippen LogP contribution is -2.47. The predicted molar refractivity (Wildman–Crippen MR) is 362 cm³/mol. The fourth-order valence-corrected chi connectivity index (χ4v) is 9.82. The number of ether oxygens (including phenoxy) is 1. The summed E-state index contributed by atoms with van der Waals surface area (Å²) in [5.41, 5.74) is 0. The number of unbranched alkanes of at least 4 members (excludes halogenated alkanes) is 24. The summed E-state index contributed by atoms with van der Waals surface area (Å²) >= 11 is 0. The number of nitrogens with one attached hydrogen (secondary N) is 1. The summed E-state index contributed by atoms with van der Waals surface area (Å²) in [6.07, 6.45) is 88.5. The van der Waals surface area contributed by atoms with Gasteiger partial charge in [-0.3, -0.25) is 14.2 Å². The van der Waals surface area contributed by atoms with E-state index in [2.05, 4.69) is 148 Å². The van der Waals surface area contributed by atoms with Gasteiger partial charge in [0.1, 0.15) is 19.3 Å². The molecule has 0 saturated heterocycles. The van der Waals surface area contributed by atoms with Gasteiger partial charge in [0.05, 0.1) is 33.8 Å². The van der Waals surface area contributed by atoms with Crippen molar-refractivity contribution in [1.82, 2.24) is 5.32 Å². The third kappa shape index (κ3) is 62.7. The standard InChI is InChI=1S/C74H127N2O7P/c1-7-10-13-16-19-22-25-28-30-32-34-36-37-38-39-41-42-44-46-48-51-54-57-60-63-66-73(77)75-71(70-82-84(79,80)81-69-68-76(4,5)6)72(65-62-59-56-53-50-27-24-21-18-15-12-9-3)83-74(78)67-64-61-58-55-52-49-47-45-43-40-35-33-31-29-26-23-20-17-14-11-8-2/h11,14,19-20,22-23,28-31,34-36,38-40,45,47,52,55,62,65,71-72H,7-10,12-13,15-18,21,24-27,32-33,37,41-44,46,48-51,53-54,56-61,63-64,66-70H2,1-6H3,(H-,75,77,79,80)/b14-11-,22-19-,23-20-,30-28-,31-29-,36-34-,39-38-,40-35-,47-45-,55-52-,65-62-. The lowest BCUT2D eigenvalue weighted by molar-refractivity contribution is -0.870. The number of nitrogens with zero attached hydrogens (tertiary/aromatic N) is 1. The van der Waals surface area contributed by atoms with Crippen LogP contribution >= 0.6 is 7.82 Å². The number of allylic oxidation sites excluding steroid dienone is 21. The van der Waals surface area contributed by atoms with Gasteiger partial charge in [-0.2, -0.15) is 0 Å². The van der Waals surface area contributed by atoms with E-state index in [9.17, 15) is 19.0 Å². The SMILES string of the molecule is CC/C=C\C/C=C\C/C=C\C/C=C\C/C=C\C/C=C\CCCCC(=O)OC(/C=C\CCCCCCCCCCCC)C(COP(=O)([O-])OCC[N+](C)(C)C)NC(=O)CCCCCCCCCCC/C=C\C/C=C\C/C=C\C/C=C\CCCCC. The Morgan fingerprint density at radius 1 is 0.429 bits per heavy atom. The van der Waals surface area contributed by atoms with Crippen LogP contribution in [0.15, 0.2) is 134 Å². The molecule has 0 aliphatic heterocycles. The van der Waals surface area contributed by atoms with E-state index >= 15 is 0 Å². The van der Waals surface area contributed by atoms with Crippen molar-refractivity contribution in [2.75, 3.05) is 40.9 Å². The van der Waals surface area contributed by atoms with Crippen LogP contribution in [0.1, 0.15) is 271 Å². The molecule has 0 rings (SSSR count). The van der Waals surface area contributed by atoms with Crippen LogP contribution in [0, 0.1) is 0 Å². The summed E-state index contributed by atoms with van der Waals surface area (Å²) < 4.78 is 30.4. The number of hydrogen-bond donors (Lipinski definition) is 1. The van der Waals surface area contributed by atoms with E-state index in [0.29, 0.717) is 23.9 Å². The van der Waals surface area contributed by atoms with Gasteiger partial charge in [0, 0.05) is 12.8 Å². The summed E-state index contributed by atoms with van der Waals surface area (Å²) in [4.78, 5) is 40.1. The highest BCUT2D eigenvalue weighted by molar-refractivity contribution is 7.45. The van der Waals surface area contributed by atoms with Crippen molar-refractivity contribution in [3.8, 4) is 0 Å². The topological polar surface area (TPSA) is 114 Å². The second-order valence-corrected chi connectivity index (χ2v) is 25.0. The Hall–Kier alpha value is -3.85. The molecule has 0 saturated carbocycles. The van der Waals surface area contributed by atoms with E-state index in [1.54, 1.807) is 0 Å². The maximum atomic E-state index is 13.6. The summed E-state index contributed by atoms with van der Waals surface area (Å²) in [6.45, 7) is 6.66. The number of amides is 1. The number of carbonyl (C=O) groups excluding carboxylic acids is 2. The Bertz CT molecular complexity index is 1900. The number of esters is 1. The molecule has 3 atom stereocenters. The first kappa shape index (κ1) is 80.2. The fraction of sp³-hybridized carbons (Fsp3) is 0.676. The number of likely N-dealkylation sites (N-methyl/N-ethyl adjacent to an activating group) is 1. The lowest BCUT2D eigenvalue weighted by Gasteiger charge is -2.30. The molecule has 0 spiro atoms. The normalized spacial score (nSPS) is 14.4. The van der Waals surface area contributed by atoms with Crippen molar-refractivity contribution >= 4 is 19.7 Å². The van der Waals surface area contributed by atoms with E-state index in [-0.39, 0.29) is 24.9 Å². The van der Waals surface area contributed by atoms with Crippen LogP contribution in [-0.4, -0.2) is 69.4 Å². The smallest absolute Gasteiger partial charge is 0.306 e. The van der Waals surface area contributed by atoms with Crippen LogP contribution in [0.4, 0.5) is 0 Å². The van der Waals surface area contributed by atoms with Crippen molar-refractivity contribution in [3.05, 3.63) is 134 Å². The maximum absolute atomic E-state index is 13.6. The minimum atomic E-state index is -4.72. The average molecular weight is 1190 g/mol. The van der Waals surface area contributed by atoms with Crippen LogP contribution in [0.3, 0.4) is 0 Å². The molecule has 3 unspecified atom stereocenters. The van der Waals surface area contributed by atoms with E-state index in [1.165, 1.54) is 109 Å². The van der Waals surface area contributed by atoms with Gasteiger partial charge in [-0.25, -0.2) is 0 Å². The van der Waals surface area contributed by atoms with Crippen LogP contribution < -0.4 is 10.2 Å². The van der Waals surface area contributed by atoms with E-state index < -0.39 is 26.6 Å². The van der Waals surface area contributed by atoms with Gasteiger partial charge >= 0.3 is 5.97 Å². The number of rotatable bonds is 60. The first-order valence-electron chi connectivity index (χ1n) is 34.0. The van der Waals surface area contributed by atoms with Crippen LogP contribution in [-0.2, 0) is 27.9 Å². The Morgan fingerprint density at radius 2 is 0.762 bits per heavy atom. The molecule has 0 aliphatic rings. The van der Waals surface area contributed by atoms with Crippen molar-refractivity contribution in [2.24, 2.45) is 0 Å². The van der Waals surface area contributed by atoms with Crippen LogP contribution in [0.2, 0.25) is 0 Å². The molecule has 0 fully saturated rings. The molecular formula is C74H127N2O7P. The highest BCUT2D eigenvalue weighted by atomic mass is 31.2. The number of hydrogen-bond acceptors (Lipinski definition) is 7. The van der Waals surface area contributed by atoms with Gasteiger partial charge in [-0.1, -0.05) is 264 Å². The largest absolute Gasteiger partial charge is 0.756 e. The molecular weight excluding hydrogens is 1060 g/mol.